The van der Waals surface area contributed by atoms with Crippen LogP contribution in [0.5, 0.6) is 0 Å². The highest BCUT2D eigenvalue weighted by Gasteiger charge is 2.42. The third kappa shape index (κ3) is 2.37. The van der Waals surface area contributed by atoms with Gasteiger partial charge in [-0.25, -0.2) is 4.98 Å². The summed E-state index contributed by atoms with van der Waals surface area (Å²) in [5.74, 6) is 0.502. The fourth-order valence-corrected chi connectivity index (χ4v) is 3.83. The van der Waals surface area contributed by atoms with Crippen LogP contribution in [-0.2, 0) is 9.59 Å². The predicted molar refractivity (Wildman–Crippen MR) is 96.5 cm³/mol. The molecule has 0 spiro atoms. The molecule has 2 saturated heterocycles. The maximum atomic E-state index is 12.5. The summed E-state index contributed by atoms with van der Waals surface area (Å²) in [6.07, 6.45) is 0. The van der Waals surface area contributed by atoms with Crippen LogP contribution < -0.4 is 4.90 Å². The van der Waals surface area contributed by atoms with Crippen LogP contribution in [0.3, 0.4) is 0 Å². The Morgan fingerprint density at radius 2 is 2.00 bits per heavy atom. The monoisotopic (exact) mass is 349 g/mol. The van der Waals surface area contributed by atoms with Gasteiger partial charge in [0, 0.05) is 32.1 Å². The van der Waals surface area contributed by atoms with Crippen LogP contribution in [-0.4, -0.2) is 65.9 Å². The molecule has 0 aliphatic carbocycles. The maximum absolute atomic E-state index is 12.5. The molecule has 7 heteroatoms. The first kappa shape index (κ1) is 16.3. The van der Waals surface area contributed by atoms with Gasteiger partial charge in [0.2, 0.25) is 11.8 Å². The second-order valence-electron chi connectivity index (χ2n) is 6.81. The molecule has 7 nitrogen and oxygen atoms in total. The SMILES string of the molecule is Cc1c(C#N)c(N2CCN3C(=O)CN(C)C(=O)C3C2)nc2ccccc12. The Morgan fingerprint density at radius 3 is 2.77 bits per heavy atom. The molecule has 2 amide bonds. The summed E-state index contributed by atoms with van der Waals surface area (Å²) < 4.78 is 0. The highest BCUT2D eigenvalue weighted by molar-refractivity contribution is 5.95. The Bertz CT molecular complexity index is 964. The number of nitrogens with zero attached hydrogens (tertiary/aromatic N) is 5. The number of pyridine rings is 1. The van der Waals surface area contributed by atoms with Gasteiger partial charge >= 0.3 is 0 Å². The number of hydrogen-bond donors (Lipinski definition) is 0. The van der Waals surface area contributed by atoms with Crippen LogP contribution in [0.4, 0.5) is 5.82 Å². The Hall–Kier alpha value is -3.14. The second kappa shape index (κ2) is 5.99. The largest absolute Gasteiger partial charge is 0.351 e. The van der Waals surface area contributed by atoms with Gasteiger partial charge < -0.3 is 14.7 Å². The van der Waals surface area contributed by atoms with Gasteiger partial charge in [0.1, 0.15) is 17.9 Å². The molecule has 2 fully saturated rings. The van der Waals surface area contributed by atoms with E-state index < -0.39 is 6.04 Å². The number of anilines is 1. The lowest BCUT2D eigenvalue weighted by Crippen LogP contribution is -2.66. The zero-order valence-electron chi connectivity index (χ0n) is 14.8. The van der Waals surface area contributed by atoms with E-state index in [-0.39, 0.29) is 18.4 Å². The van der Waals surface area contributed by atoms with Gasteiger partial charge in [-0.3, -0.25) is 9.59 Å². The fraction of sp³-hybridized carbons (Fsp3) is 0.368. The molecule has 132 valence electrons. The molecule has 3 heterocycles. The van der Waals surface area contributed by atoms with E-state index in [2.05, 4.69) is 6.07 Å². The molecule has 4 rings (SSSR count). The molecule has 1 atom stereocenters. The van der Waals surface area contributed by atoms with E-state index in [4.69, 9.17) is 4.98 Å². The zero-order chi connectivity index (χ0) is 18.4. The van der Waals surface area contributed by atoms with E-state index in [0.29, 0.717) is 31.0 Å². The van der Waals surface area contributed by atoms with Crippen molar-refractivity contribution in [1.82, 2.24) is 14.8 Å². The van der Waals surface area contributed by atoms with Crippen molar-refractivity contribution in [3.63, 3.8) is 0 Å². The first-order valence-corrected chi connectivity index (χ1v) is 8.60. The average Bonchev–Trinajstić information content (AvgIpc) is 2.66. The molecule has 0 N–H and O–H groups in total. The first-order chi connectivity index (χ1) is 12.5. The van der Waals surface area contributed by atoms with E-state index in [0.717, 1.165) is 16.5 Å². The van der Waals surface area contributed by atoms with Crippen molar-refractivity contribution in [3.05, 3.63) is 35.4 Å². The maximum Gasteiger partial charge on any atom is 0.247 e. The van der Waals surface area contributed by atoms with Crippen molar-refractivity contribution in [2.75, 3.05) is 38.1 Å². The number of hydrogen-bond acceptors (Lipinski definition) is 5. The van der Waals surface area contributed by atoms with E-state index >= 15 is 0 Å². The summed E-state index contributed by atoms with van der Waals surface area (Å²) in [4.78, 5) is 34.6. The quantitative estimate of drug-likeness (QED) is 0.764. The van der Waals surface area contributed by atoms with Gasteiger partial charge in [0.15, 0.2) is 0 Å². The third-order valence-electron chi connectivity index (χ3n) is 5.28. The topological polar surface area (TPSA) is 80.5 Å². The number of aromatic nitrogens is 1. The van der Waals surface area contributed by atoms with Gasteiger partial charge in [-0.2, -0.15) is 5.26 Å². The second-order valence-corrected chi connectivity index (χ2v) is 6.81. The number of rotatable bonds is 1. The average molecular weight is 349 g/mol. The molecular formula is C19H19N5O2. The minimum Gasteiger partial charge on any atom is -0.351 e. The van der Waals surface area contributed by atoms with E-state index in [1.165, 1.54) is 4.90 Å². The number of piperazine rings is 2. The fourth-order valence-electron chi connectivity index (χ4n) is 3.83. The number of nitriles is 1. The Kier molecular flexibility index (Phi) is 3.76. The van der Waals surface area contributed by atoms with Gasteiger partial charge in [0.25, 0.3) is 0 Å². The number of amides is 2. The van der Waals surface area contributed by atoms with Crippen LogP contribution in [0.2, 0.25) is 0 Å². The molecule has 0 bridgehead atoms. The lowest BCUT2D eigenvalue weighted by Gasteiger charge is -2.45. The van der Waals surface area contributed by atoms with E-state index in [1.807, 2.05) is 36.1 Å². The lowest BCUT2D eigenvalue weighted by molar-refractivity contribution is -0.154. The van der Waals surface area contributed by atoms with E-state index in [1.54, 1.807) is 11.9 Å². The van der Waals surface area contributed by atoms with E-state index in [9.17, 15) is 14.9 Å². The molecule has 2 aromatic rings. The standard InChI is InChI=1S/C19H19N5O2/c1-12-13-5-3-4-6-15(13)21-18(14(12)9-20)23-7-8-24-16(10-23)19(26)22(2)11-17(24)25/h3-6,16H,7-8,10-11H2,1-2H3. The summed E-state index contributed by atoms with van der Waals surface area (Å²) in [5, 5.41) is 10.7. The summed E-state index contributed by atoms with van der Waals surface area (Å²) in [6, 6.07) is 9.48. The van der Waals surface area contributed by atoms with Crippen molar-refractivity contribution in [2.24, 2.45) is 0 Å². The molecule has 26 heavy (non-hydrogen) atoms. The van der Waals surface area contributed by atoms with Gasteiger partial charge in [-0.15, -0.1) is 0 Å². The number of aryl methyl sites for hydroxylation is 1. The van der Waals surface area contributed by atoms with Crippen molar-refractivity contribution in [3.8, 4) is 6.07 Å². The van der Waals surface area contributed by atoms with Gasteiger partial charge in [0.05, 0.1) is 17.6 Å². The molecule has 2 aliphatic heterocycles. The highest BCUT2D eigenvalue weighted by atomic mass is 16.2. The normalized spacial score (nSPS) is 20.3. The first-order valence-electron chi connectivity index (χ1n) is 8.60. The van der Waals surface area contributed by atoms with Crippen LogP contribution in [0.15, 0.2) is 24.3 Å². The minimum atomic E-state index is -0.518. The number of para-hydroxylation sites is 1. The molecule has 0 radical (unpaired) electrons. The highest BCUT2D eigenvalue weighted by Crippen LogP contribution is 2.30. The number of fused-ring (bicyclic) bond motifs is 2. The summed E-state index contributed by atoms with van der Waals surface area (Å²) in [7, 11) is 1.65. The lowest BCUT2D eigenvalue weighted by atomic mass is 10.0. The molecule has 1 unspecified atom stereocenters. The van der Waals surface area contributed by atoms with Crippen molar-refractivity contribution in [1.29, 1.82) is 5.26 Å². The van der Waals surface area contributed by atoms with Crippen molar-refractivity contribution >= 4 is 28.5 Å². The Labute approximate surface area is 151 Å². The molecule has 2 aliphatic rings. The molecule has 1 aromatic heterocycles. The van der Waals surface area contributed by atoms with Crippen molar-refractivity contribution in [2.45, 2.75) is 13.0 Å². The predicted octanol–water partition coefficient (Wildman–Crippen LogP) is 0.904. The number of benzene rings is 1. The van der Waals surface area contributed by atoms with Crippen molar-refractivity contribution < 1.29 is 9.59 Å². The minimum absolute atomic E-state index is 0.0279. The number of carbonyl (C=O) groups excluding carboxylic acids is 2. The Morgan fingerprint density at radius 1 is 1.23 bits per heavy atom. The number of likely N-dealkylation sites (N-methyl/N-ethyl adjacent to an activating group) is 1. The molecular weight excluding hydrogens is 330 g/mol. The zero-order valence-corrected chi connectivity index (χ0v) is 14.8. The smallest absolute Gasteiger partial charge is 0.247 e. The van der Waals surface area contributed by atoms with Gasteiger partial charge in [-0.1, -0.05) is 18.2 Å². The van der Waals surface area contributed by atoms with Crippen LogP contribution >= 0.6 is 0 Å². The molecule has 1 aromatic carbocycles. The van der Waals surface area contributed by atoms with Crippen LogP contribution in [0.25, 0.3) is 10.9 Å². The number of carbonyl (C=O) groups is 2. The van der Waals surface area contributed by atoms with Gasteiger partial charge in [-0.05, 0) is 18.6 Å². The summed E-state index contributed by atoms with van der Waals surface area (Å²) in [5.41, 5.74) is 2.24. The summed E-state index contributed by atoms with van der Waals surface area (Å²) in [6.45, 7) is 3.42. The summed E-state index contributed by atoms with van der Waals surface area (Å²) >= 11 is 0. The Balaban J connectivity index is 1.76. The molecule has 0 saturated carbocycles. The van der Waals surface area contributed by atoms with Crippen LogP contribution in [0.1, 0.15) is 11.1 Å². The third-order valence-corrected chi connectivity index (χ3v) is 5.28. The van der Waals surface area contributed by atoms with Crippen LogP contribution in [0, 0.1) is 18.3 Å².